The van der Waals surface area contributed by atoms with E-state index in [-0.39, 0.29) is 11.8 Å². The summed E-state index contributed by atoms with van der Waals surface area (Å²) in [4.78, 5) is 0. The number of aliphatic hydroxyl groups is 3. The molecule has 5 atom stereocenters. The van der Waals surface area contributed by atoms with Crippen molar-refractivity contribution in [3.05, 3.63) is 35.6 Å². The second-order valence-corrected chi connectivity index (χ2v) is 6.81. The lowest BCUT2D eigenvalue weighted by molar-refractivity contribution is 0.0819. The van der Waals surface area contributed by atoms with E-state index in [1.165, 1.54) is 6.07 Å². The highest BCUT2D eigenvalue weighted by Gasteiger charge is 2.40. The van der Waals surface area contributed by atoms with E-state index in [4.69, 9.17) is 0 Å². The molecule has 23 heavy (non-hydrogen) atoms. The standard InChI is InChI=1S/C19H29FO3/c1-2-3-4-7-13-14(19(23)12-18(13)22)10-11-17(21)15-8-5-6-9-16(15)20/h5-6,8-9,13-14,17-19,21-23H,2-4,7,10-12H2,1H3/t13-,14-,17?,18+,19-/m1/s1. The van der Waals surface area contributed by atoms with Crippen molar-refractivity contribution in [2.24, 2.45) is 11.8 Å². The first-order valence-corrected chi connectivity index (χ1v) is 8.83. The van der Waals surface area contributed by atoms with Crippen LogP contribution in [0.25, 0.3) is 0 Å². The van der Waals surface area contributed by atoms with Gasteiger partial charge in [-0.15, -0.1) is 0 Å². The molecule has 0 saturated heterocycles. The molecule has 0 heterocycles. The number of benzene rings is 1. The van der Waals surface area contributed by atoms with Gasteiger partial charge in [-0.3, -0.25) is 0 Å². The summed E-state index contributed by atoms with van der Waals surface area (Å²) in [7, 11) is 0. The fourth-order valence-electron chi connectivity index (χ4n) is 3.86. The summed E-state index contributed by atoms with van der Waals surface area (Å²) in [5.74, 6) is -0.320. The van der Waals surface area contributed by atoms with E-state index < -0.39 is 24.1 Å². The molecule has 0 aliphatic heterocycles. The summed E-state index contributed by atoms with van der Waals surface area (Å²) in [6.07, 6.45) is 3.79. The molecule has 1 unspecified atom stereocenters. The zero-order valence-electron chi connectivity index (χ0n) is 13.9. The van der Waals surface area contributed by atoms with Crippen LogP contribution in [0.1, 0.15) is 63.5 Å². The molecule has 3 nitrogen and oxygen atoms in total. The Labute approximate surface area is 138 Å². The van der Waals surface area contributed by atoms with Gasteiger partial charge < -0.3 is 15.3 Å². The fraction of sp³-hybridized carbons (Fsp3) is 0.684. The van der Waals surface area contributed by atoms with E-state index in [2.05, 4.69) is 6.92 Å². The summed E-state index contributed by atoms with van der Waals surface area (Å²) in [5.41, 5.74) is 0.308. The summed E-state index contributed by atoms with van der Waals surface area (Å²) in [5, 5.41) is 30.6. The van der Waals surface area contributed by atoms with Gasteiger partial charge in [0.15, 0.2) is 0 Å². The molecule has 1 saturated carbocycles. The Balaban J connectivity index is 1.92. The van der Waals surface area contributed by atoms with Gasteiger partial charge in [0.2, 0.25) is 0 Å². The van der Waals surface area contributed by atoms with Gasteiger partial charge in [-0.2, -0.15) is 0 Å². The van der Waals surface area contributed by atoms with Crippen LogP contribution in [-0.4, -0.2) is 27.5 Å². The van der Waals surface area contributed by atoms with Crippen LogP contribution in [0.15, 0.2) is 24.3 Å². The van der Waals surface area contributed by atoms with Gasteiger partial charge in [-0.25, -0.2) is 4.39 Å². The predicted molar refractivity (Wildman–Crippen MR) is 88.3 cm³/mol. The zero-order valence-corrected chi connectivity index (χ0v) is 13.9. The maximum Gasteiger partial charge on any atom is 0.128 e. The van der Waals surface area contributed by atoms with Crippen molar-refractivity contribution in [3.63, 3.8) is 0 Å². The van der Waals surface area contributed by atoms with Crippen LogP contribution in [0.2, 0.25) is 0 Å². The molecule has 0 amide bonds. The van der Waals surface area contributed by atoms with Crippen molar-refractivity contribution in [2.75, 3.05) is 0 Å². The molecule has 130 valence electrons. The molecule has 0 bridgehead atoms. The molecule has 1 aromatic carbocycles. The maximum atomic E-state index is 13.7. The number of hydrogen-bond acceptors (Lipinski definition) is 3. The topological polar surface area (TPSA) is 60.7 Å². The molecule has 1 aliphatic rings. The lowest BCUT2D eigenvalue weighted by atomic mass is 9.84. The third-order valence-electron chi connectivity index (χ3n) is 5.20. The van der Waals surface area contributed by atoms with Crippen LogP contribution in [-0.2, 0) is 0 Å². The third-order valence-corrected chi connectivity index (χ3v) is 5.20. The zero-order chi connectivity index (χ0) is 16.8. The Bertz CT molecular complexity index is 479. The second-order valence-electron chi connectivity index (χ2n) is 6.81. The van der Waals surface area contributed by atoms with Crippen molar-refractivity contribution in [2.45, 2.75) is 70.2 Å². The second kappa shape index (κ2) is 8.76. The molecule has 1 fully saturated rings. The van der Waals surface area contributed by atoms with Crippen LogP contribution < -0.4 is 0 Å². The first-order chi connectivity index (χ1) is 11.0. The van der Waals surface area contributed by atoms with Gasteiger partial charge in [-0.1, -0.05) is 44.4 Å². The third kappa shape index (κ3) is 4.75. The highest BCUT2D eigenvalue weighted by atomic mass is 19.1. The Morgan fingerprint density at radius 3 is 2.39 bits per heavy atom. The molecule has 0 spiro atoms. The summed E-state index contributed by atoms with van der Waals surface area (Å²) in [6.45, 7) is 2.14. The van der Waals surface area contributed by atoms with Gasteiger partial charge in [0.25, 0.3) is 0 Å². The first kappa shape index (κ1) is 18.4. The lowest BCUT2D eigenvalue weighted by Gasteiger charge is -2.24. The minimum atomic E-state index is -0.863. The lowest BCUT2D eigenvalue weighted by Crippen LogP contribution is -2.23. The normalized spacial score (nSPS) is 28.9. The maximum absolute atomic E-state index is 13.7. The molecule has 2 rings (SSSR count). The van der Waals surface area contributed by atoms with E-state index in [0.717, 1.165) is 25.7 Å². The quantitative estimate of drug-likeness (QED) is 0.641. The molecule has 1 aromatic rings. The minimum Gasteiger partial charge on any atom is -0.393 e. The van der Waals surface area contributed by atoms with Gasteiger partial charge >= 0.3 is 0 Å². The first-order valence-electron chi connectivity index (χ1n) is 8.83. The molecular formula is C19H29FO3. The Morgan fingerprint density at radius 2 is 1.74 bits per heavy atom. The van der Waals surface area contributed by atoms with Crippen molar-refractivity contribution in [3.8, 4) is 0 Å². The highest BCUT2D eigenvalue weighted by molar-refractivity contribution is 5.19. The van der Waals surface area contributed by atoms with Gasteiger partial charge in [0.05, 0.1) is 18.3 Å². The average molecular weight is 324 g/mol. The van der Waals surface area contributed by atoms with Crippen molar-refractivity contribution >= 4 is 0 Å². The van der Waals surface area contributed by atoms with Crippen molar-refractivity contribution < 1.29 is 19.7 Å². The summed E-state index contributed by atoms with van der Waals surface area (Å²) >= 11 is 0. The summed E-state index contributed by atoms with van der Waals surface area (Å²) in [6, 6.07) is 6.26. The van der Waals surface area contributed by atoms with Gasteiger partial charge in [-0.05, 0) is 43.6 Å². The predicted octanol–water partition coefficient (Wildman–Crippen LogP) is 3.58. The SMILES string of the molecule is CCCCC[C@@H]1[C@@H](CCC(O)c2ccccc2F)[C@H](O)C[C@@H]1O. The number of halogens is 1. The largest absolute Gasteiger partial charge is 0.393 e. The van der Waals surface area contributed by atoms with Crippen LogP contribution in [0.3, 0.4) is 0 Å². The smallest absolute Gasteiger partial charge is 0.128 e. The van der Waals surface area contributed by atoms with E-state index in [1.54, 1.807) is 18.2 Å². The average Bonchev–Trinajstić information content (AvgIpc) is 2.79. The number of rotatable bonds is 8. The van der Waals surface area contributed by atoms with E-state index >= 15 is 0 Å². The Kier molecular flexibility index (Phi) is 7.00. The monoisotopic (exact) mass is 324 g/mol. The Hall–Kier alpha value is -0.970. The molecule has 4 heteroatoms. The summed E-state index contributed by atoms with van der Waals surface area (Å²) < 4.78 is 13.7. The van der Waals surface area contributed by atoms with Crippen LogP contribution >= 0.6 is 0 Å². The number of unbranched alkanes of at least 4 members (excludes halogenated alkanes) is 2. The van der Waals surface area contributed by atoms with Crippen LogP contribution in [0.4, 0.5) is 4.39 Å². The molecule has 1 aliphatic carbocycles. The minimum absolute atomic E-state index is 0.0109. The number of aliphatic hydroxyl groups excluding tert-OH is 3. The van der Waals surface area contributed by atoms with E-state index in [0.29, 0.717) is 24.8 Å². The Morgan fingerprint density at radius 1 is 1.09 bits per heavy atom. The van der Waals surface area contributed by atoms with Gasteiger partial charge in [0, 0.05) is 5.56 Å². The highest BCUT2D eigenvalue weighted by Crippen LogP contribution is 2.40. The fourth-order valence-corrected chi connectivity index (χ4v) is 3.86. The van der Waals surface area contributed by atoms with Gasteiger partial charge in [0.1, 0.15) is 5.82 Å². The van der Waals surface area contributed by atoms with Crippen LogP contribution in [0, 0.1) is 17.7 Å². The molecular weight excluding hydrogens is 295 g/mol. The van der Waals surface area contributed by atoms with E-state index in [9.17, 15) is 19.7 Å². The molecule has 0 aromatic heterocycles. The molecule has 0 radical (unpaired) electrons. The van der Waals surface area contributed by atoms with Crippen LogP contribution in [0.5, 0.6) is 0 Å². The van der Waals surface area contributed by atoms with Crippen molar-refractivity contribution in [1.82, 2.24) is 0 Å². The van der Waals surface area contributed by atoms with Crippen molar-refractivity contribution in [1.29, 1.82) is 0 Å². The number of hydrogen-bond donors (Lipinski definition) is 3. The van der Waals surface area contributed by atoms with E-state index in [1.807, 2.05) is 0 Å². The molecule has 3 N–H and O–H groups in total.